The summed E-state index contributed by atoms with van der Waals surface area (Å²) in [4.78, 5) is 4.86. The van der Waals surface area contributed by atoms with Gasteiger partial charge in [0.2, 0.25) is 0 Å². The molecule has 1 aliphatic rings. The van der Waals surface area contributed by atoms with Crippen LogP contribution in [0.5, 0.6) is 0 Å². The normalized spacial score (nSPS) is 14.9. The average molecular weight is 225 g/mol. The van der Waals surface area contributed by atoms with Gasteiger partial charge >= 0.3 is 0 Å². The number of hydrogen-bond acceptors (Lipinski definition) is 1. The maximum absolute atomic E-state index is 4.86. The summed E-state index contributed by atoms with van der Waals surface area (Å²) in [6.07, 6.45) is 7.48. The Morgan fingerprint density at radius 3 is 2.82 bits per heavy atom. The molecule has 1 aromatic heterocycles. The van der Waals surface area contributed by atoms with Gasteiger partial charge in [0.25, 0.3) is 0 Å². The molecule has 0 radical (unpaired) electrons. The maximum Gasteiger partial charge on any atom is 0.0708 e. The molecule has 1 aromatic carbocycles. The van der Waals surface area contributed by atoms with Crippen LogP contribution in [0.1, 0.15) is 43.0 Å². The number of fused-ring (bicyclic) bond motifs is 2. The highest BCUT2D eigenvalue weighted by Crippen LogP contribution is 2.29. The zero-order valence-corrected chi connectivity index (χ0v) is 10.5. The third-order valence-electron chi connectivity index (χ3n) is 3.79. The second-order valence-corrected chi connectivity index (χ2v) is 4.99. The second kappa shape index (κ2) is 4.48. The standard InChI is InChI=1S/C16H19N/c1-2-7-12-13-8-3-5-10-15(13)17-16-11-6-4-9-14(12)16/h3,5,8,10H,2,4,6-7,9,11H2,1H3. The molecule has 0 fully saturated rings. The fourth-order valence-electron chi connectivity index (χ4n) is 3.01. The molecule has 0 saturated heterocycles. The van der Waals surface area contributed by atoms with Crippen LogP contribution in [-0.4, -0.2) is 4.98 Å². The minimum atomic E-state index is 1.18. The van der Waals surface area contributed by atoms with Crippen molar-refractivity contribution >= 4 is 10.9 Å². The molecule has 0 unspecified atom stereocenters. The van der Waals surface area contributed by atoms with Gasteiger partial charge in [-0.2, -0.15) is 0 Å². The summed E-state index contributed by atoms with van der Waals surface area (Å²) in [5.41, 5.74) is 5.71. The van der Waals surface area contributed by atoms with Gasteiger partial charge in [0.15, 0.2) is 0 Å². The topological polar surface area (TPSA) is 12.9 Å². The number of rotatable bonds is 2. The minimum Gasteiger partial charge on any atom is -0.253 e. The van der Waals surface area contributed by atoms with Crippen LogP contribution in [0.2, 0.25) is 0 Å². The fourth-order valence-corrected chi connectivity index (χ4v) is 3.01. The number of aryl methyl sites for hydroxylation is 2. The van der Waals surface area contributed by atoms with Crippen molar-refractivity contribution in [2.24, 2.45) is 0 Å². The monoisotopic (exact) mass is 225 g/mol. The predicted molar refractivity (Wildman–Crippen MR) is 72.4 cm³/mol. The van der Waals surface area contributed by atoms with E-state index in [2.05, 4.69) is 31.2 Å². The van der Waals surface area contributed by atoms with E-state index >= 15 is 0 Å². The van der Waals surface area contributed by atoms with Crippen molar-refractivity contribution in [3.8, 4) is 0 Å². The highest BCUT2D eigenvalue weighted by atomic mass is 14.7. The summed E-state index contributed by atoms with van der Waals surface area (Å²) < 4.78 is 0. The molecule has 1 nitrogen and oxygen atoms in total. The quantitative estimate of drug-likeness (QED) is 0.751. The Labute approximate surface area is 103 Å². The molecule has 0 bridgehead atoms. The molecule has 0 amide bonds. The van der Waals surface area contributed by atoms with Crippen LogP contribution in [0.3, 0.4) is 0 Å². The molecule has 17 heavy (non-hydrogen) atoms. The van der Waals surface area contributed by atoms with Crippen molar-refractivity contribution in [2.45, 2.75) is 45.4 Å². The molecule has 0 atom stereocenters. The Morgan fingerprint density at radius 2 is 1.94 bits per heavy atom. The van der Waals surface area contributed by atoms with E-state index in [9.17, 15) is 0 Å². The first-order chi connectivity index (χ1) is 8.40. The van der Waals surface area contributed by atoms with Crippen LogP contribution in [0.25, 0.3) is 10.9 Å². The first-order valence-corrected chi connectivity index (χ1v) is 6.79. The Hall–Kier alpha value is -1.37. The summed E-state index contributed by atoms with van der Waals surface area (Å²) in [7, 11) is 0. The van der Waals surface area contributed by atoms with E-state index in [1.54, 1.807) is 11.1 Å². The van der Waals surface area contributed by atoms with Crippen molar-refractivity contribution in [2.75, 3.05) is 0 Å². The minimum absolute atomic E-state index is 1.18. The van der Waals surface area contributed by atoms with Gasteiger partial charge in [-0.3, -0.25) is 4.98 Å². The Bertz CT molecular complexity index is 542. The lowest BCUT2D eigenvalue weighted by molar-refractivity contribution is 0.663. The zero-order valence-electron chi connectivity index (χ0n) is 10.5. The van der Waals surface area contributed by atoms with Crippen LogP contribution in [0, 0.1) is 0 Å². The van der Waals surface area contributed by atoms with Gasteiger partial charge < -0.3 is 0 Å². The SMILES string of the molecule is CCCc1c2c(nc3ccccc13)CCCC2. The van der Waals surface area contributed by atoms with Gasteiger partial charge in [0.1, 0.15) is 0 Å². The smallest absolute Gasteiger partial charge is 0.0708 e. The molecule has 1 heterocycles. The van der Waals surface area contributed by atoms with Crippen molar-refractivity contribution < 1.29 is 0 Å². The van der Waals surface area contributed by atoms with E-state index in [4.69, 9.17) is 4.98 Å². The van der Waals surface area contributed by atoms with Crippen LogP contribution in [-0.2, 0) is 19.3 Å². The fraction of sp³-hybridized carbons (Fsp3) is 0.438. The van der Waals surface area contributed by atoms with E-state index in [0.717, 1.165) is 0 Å². The molecule has 0 N–H and O–H groups in total. The Balaban J connectivity index is 2.28. The summed E-state index contributed by atoms with van der Waals surface area (Å²) in [5.74, 6) is 0. The van der Waals surface area contributed by atoms with Crippen molar-refractivity contribution in [3.05, 3.63) is 41.1 Å². The average Bonchev–Trinajstić information content (AvgIpc) is 2.39. The van der Waals surface area contributed by atoms with E-state index in [0.29, 0.717) is 0 Å². The Kier molecular flexibility index (Phi) is 2.84. The number of pyridine rings is 1. The highest BCUT2D eigenvalue weighted by molar-refractivity contribution is 5.83. The molecule has 3 rings (SSSR count). The number of benzene rings is 1. The molecule has 0 spiro atoms. The molecule has 2 aromatic rings. The molecule has 88 valence electrons. The number of nitrogens with zero attached hydrogens (tertiary/aromatic N) is 1. The predicted octanol–water partition coefficient (Wildman–Crippen LogP) is 4.07. The van der Waals surface area contributed by atoms with Gasteiger partial charge in [0, 0.05) is 11.1 Å². The third-order valence-corrected chi connectivity index (χ3v) is 3.79. The molecular formula is C16H19N. The third kappa shape index (κ3) is 1.84. The lowest BCUT2D eigenvalue weighted by Gasteiger charge is -2.20. The Morgan fingerprint density at radius 1 is 1.12 bits per heavy atom. The van der Waals surface area contributed by atoms with Gasteiger partial charge in [0.05, 0.1) is 5.52 Å². The van der Waals surface area contributed by atoms with Crippen LogP contribution < -0.4 is 0 Å². The second-order valence-electron chi connectivity index (χ2n) is 4.99. The molecule has 0 saturated carbocycles. The summed E-state index contributed by atoms with van der Waals surface area (Å²) in [6, 6.07) is 8.63. The molecular weight excluding hydrogens is 206 g/mol. The summed E-state index contributed by atoms with van der Waals surface area (Å²) >= 11 is 0. The van der Waals surface area contributed by atoms with E-state index in [1.807, 2.05) is 0 Å². The number of hydrogen-bond donors (Lipinski definition) is 0. The lowest BCUT2D eigenvalue weighted by atomic mass is 9.88. The van der Waals surface area contributed by atoms with E-state index in [-0.39, 0.29) is 0 Å². The highest BCUT2D eigenvalue weighted by Gasteiger charge is 2.16. The largest absolute Gasteiger partial charge is 0.253 e. The van der Waals surface area contributed by atoms with Gasteiger partial charge in [-0.05, 0) is 49.3 Å². The van der Waals surface area contributed by atoms with Crippen molar-refractivity contribution in [1.82, 2.24) is 4.98 Å². The van der Waals surface area contributed by atoms with Gasteiger partial charge in [-0.1, -0.05) is 31.5 Å². The van der Waals surface area contributed by atoms with Gasteiger partial charge in [-0.25, -0.2) is 0 Å². The van der Waals surface area contributed by atoms with Crippen LogP contribution in [0.4, 0.5) is 0 Å². The van der Waals surface area contributed by atoms with Crippen LogP contribution in [0.15, 0.2) is 24.3 Å². The molecule has 1 heteroatoms. The first kappa shape index (κ1) is 10.8. The van der Waals surface area contributed by atoms with Gasteiger partial charge in [-0.15, -0.1) is 0 Å². The zero-order chi connectivity index (χ0) is 11.7. The number of aromatic nitrogens is 1. The lowest BCUT2D eigenvalue weighted by Crippen LogP contribution is -2.09. The van der Waals surface area contributed by atoms with E-state index < -0.39 is 0 Å². The van der Waals surface area contributed by atoms with Crippen LogP contribution >= 0.6 is 0 Å². The number of para-hydroxylation sites is 1. The summed E-state index contributed by atoms with van der Waals surface area (Å²) in [6.45, 7) is 2.27. The molecule has 0 aliphatic heterocycles. The summed E-state index contributed by atoms with van der Waals surface area (Å²) in [5, 5.41) is 1.38. The van der Waals surface area contributed by atoms with Crippen molar-refractivity contribution in [1.29, 1.82) is 0 Å². The van der Waals surface area contributed by atoms with Crippen molar-refractivity contribution in [3.63, 3.8) is 0 Å². The maximum atomic E-state index is 4.86. The molecule has 1 aliphatic carbocycles. The first-order valence-electron chi connectivity index (χ1n) is 6.79. The van der Waals surface area contributed by atoms with E-state index in [1.165, 1.54) is 55.1 Å².